The molecule has 3 atom stereocenters. The molecule has 1 aliphatic heterocycles. The Morgan fingerprint density at radius 1 is 1.29 bits per heavy atom. The molecule has 0 saturated heterocycles. The van der Waals surface area contributed by atoms with Gasteiger partial charge in [0.2, 0.25) is 0 Å². The van der Waals surface area contributed by atoms with Crippen molar-refractivity contribution in [2.75, 3.05) is 5.32 Å². The van der Waals surface area contributed by atoms with E-state index in [1.807, 2.05) is 6.07 Å². The van der Waals surface area contributed by atoms with Crippen LogP contribution in [0.15, 0.2) is 42.6 Å². The number of halogens is 2. The maximum atomic E-state index is 11.3. The maximum absolute atomic E-state index is 11.3. The van der Waals surface area contributed by atoms with Crippen LogP contribution in [0.1, 0.15) is 40.0 Å². The molecule has 0 radical (unpaired) electrons. The van der Waals surface area contributed by atoms with Crippen LogP contribution in [0.25, 0.3) is 0 Å². The highest BCUT2D eigenvalue weighted by Crippen LogP contribution is 2.50. The summed E-state index contributed by atoms with van der Waals surface area (Å²) in [7, 11) is 0. The topological polar surface area (TPSA) is 62.2 Å². The molecule has 2 aromatic rings. The lowest BCUT2D eigenvalue weighted by molar-refractivity contribution is 0.0696. The third-order valence-corrected chi connectivity index (χ3v) is 5.25. The molecule has 1 aliphatic carbocycles. The maximum Gasteiger partial charge on any atom is 0.335 e. The summed E-state index contributed by atoms with van der Waals surface area (Å²) in [4.78, 5) is 15.7. The smallest absolute Gasteiger partial charge is 0.335 e. The number of fused-ring (bicyclic) bond motifs is 3. The van der Waals surface area contributed by atoms with E-state index in [-0.39, 0.29) is 17.9 Å². The minimum atomic E-state index is -0.916. The molecular formula is C18H14Cl2N2O2. The number of allylic oxidation sites excluding steroid dienone is 2. The zero-order valence-corrected chi connectivity index (χ0v) is 14.1. The molecule has 0 amide bonds. The molecule has 4 nitrogen and oxygen atoms in total. The first-order valence-corrected chi connectivity index (χ1v) is 8.41. The van der Waals surface area contributed by atoms with E-state index in [1.54, 1.807) is 24.4 Å². The van der Waals surface area contributed by atoms with Crippen LogP contribution in [0, 0.1) is 5.92 Å². The van der Waals surface area contributed by atoms with Crippen molar-refractivity contribution in [1.82, 2.24) is 4.98 Å². The van der Waals surface area contributed by atoms with Crippen LogP contribution in [0.4, 0.5) is 5.69 Å². The molecule has 0 fully saturated rings. The van der Waals surface area contributed by atoms with Crippen molar-refractivity contribution < 1.29 is 9.90 Å². The SMILES string of the molecule is O=C(O)c1ccc2c(c1)[C@@H]1C=CC[C@@H]1[C@@H](c1ncc(Cl)cc1Cl)N2. The number of carbonyl (C=O) groups is 1. The standard InChI is InChI=1S/C18H14Cl2N2O2/c19-10-7-14(20)17(21-8-10)16-12-3-1-2-11(12)13-6-9(18(23)24)4-5-15(13)22-16/h1-2,4-8,11-12,16,22H,3H2,(H,23,24)/t11-,12+,16+/m1/s1. The molecular weight excluding hydrogens is 347 g/mol. The van der Waals surface area contributed by atoms with Crippen molar-refractivity contribution in [2.45, 2.75) is 18.4 Å². The summed E-state index contributed by atoms with van der Waals surface area (Å²) >= 11 is 12.3. The van der Waals surface area contributed by atoms with Crippen LogP contribution in [-0.4, -0.2) is 16.1 Å². The molecule has 0 spiro atoms. The van der Waals surface area contributed by atoms with E-state index in [9.17, 15) is 9.90 Å². The second kappa shape index (κ2) is 5.80. The van der Waals surface area contributed by atoms with Gasteiger partial charge >= 0.3 is 5.97 Å². The summed E-state index contributed by atoms with van der Waals surface area (Å²) < 4.78 is 0. The van der Waals surface area contributed by atoms with Gasteiger partial charge in [-0.1, -0.05) is 35.4 Å². The Balaban J connectivity index is 1.79. The van der Waals surface area contributed by atoms with Gasteiger partial charge in [0.1, 0.15) is 0 Å². The summed E-state index contributed by atoms with van der Waals surface area (Å²) in [6.45, 7) is 0. The molecule has 122 valence electrons. The Morgan fingerprint density at radius 3 is 2.88 bits per heavy atom. The van der Waals surface area contributed by atoms with E-state index in [2.05, 4.69) is 22.5 Å². The highest BCUT2D eigenvalue weighted by atomic mass is 35.5. The number of carboxylic acid groups (broad SMARTS) is 1. The van der Waals surface area contributed by atoms with E-state index < -0.39 is 5.97 Å². The Hall–Kier alpha value is -2.04. The second-order valence-corrected chi connectivity index (χ2v) is 6.95. The first-order valence-electron chi connectivity index (χ1n) is 7.66. The molecule has 1 aromatic carbocycles. The van der Waals surface area contributed by atoms with Gasteiger partial charge in [-0.25, -0.2) is 4.79 Å². The van der Waals surface area contributed by atoms with Gasteiger partial charge in [-0.05, 0) is 42.2 Å². The van der Waals surface area contributed by atoms with Gasteiger partial charge in [-0.2, -0.15) is 0 Å². The number of benzene rings is 1. The van der Waals surface area contributed by atoms with E-state index in [0.29, 0.717) is 15.6 Å². The fraction of sp³-hybridized carbons (Fsp3) is 0.222. The number of anilines is 1. The van der Waals surface area contributed by atoms with Crippen LogP contribution in [0.3, 0.4) is 0 Å². The van der Waals surface area contributed by atoms with Crippen molar-refractivity contribution in [3.8, 4) is 0 Å². The largest absolute Gasteiger partial charge is 0.478 e. The number of hydrogen-bond donors (Lipinski definition) is 2. The molecule has 2 aliphatic rings. The van der Waals surface area contributed by atoms with Crippen molar-refractivity contribution in [2.24, 2.45) is 5.92 Å². The van der Waals surface area contributed by atoms with Gasteiger partial charge < -0.3 is 10.4 Å². The highest BCUT2D eigenvalue weighted by Gasteiger charge is 2.39. The van der Waals surface area contributed by atoms with Crippen LogP contribution in [0.2, 0.25) is 10.0 Å². The third kappa shape index (κ3) is 2.46. The van der Waals surface area contributed by atoms with E-state index in [4.69, 9.17) is 23.2 Å². The lowest BCUT2D eigenvalue weighted by Crippen LogP contribution is -2.30. The van der Waals surface area contributed by atoms with Crippen LogP contribution >= 0.6 is 23.2 Å². The molecule has 0 saturated carbocycles. The fourth-order valence-corrected chi connectivity index (χ4v) is 4.15. The highest BCUT2D eigenvalue weighted by molar-refractivity contribution is 6.34. The second-order valence-electron chi connectivity index (χ2n) is 6.10. The molecule has 0 unspecified atom stereocenters. The number of aromatic carboxylic acids is 1. The summed E-state index contributed by atoms with van der Waals surface area (Å²) in [5.74, 6) is -0.521. The zero-order valence-electron chi connectivity index (χ0n) is 12.5. The predicted octanol–water partition coefficient (Wildman–Crippen LogP) is 4.91. The average Bonchev–Trinajstić information content (AvgIpc) is 3.04. The van der Waals surface area contributed by atoms with Gasteiger partial charge in [0.15, 0.2) is 0 Å². The Labute approximate surface area is 149 Å². The quantitative estimate of drug-likeness (QED) is 0.746. The summed E-state index contributed by atoms with van der Waals surface area (Å²) in [6, 6.07) is 6.84. The number of aromatic nitrogens is 1. The van der Waals surface area contributed by atoms with Crippen molar-refractivity contribution in [3.05, 3.63) is 69.5 Å². The van der Waals surface area contributed by atoms with Crippen molar-refractivity contribution >= 4 is 34.9 Å². The number of hydrogen-bond acceptors (Lipinski definition) is 3. The summed E-state index contributed by atoms with van der Waals surface area (Å²) in [5, 5.41) is 13.8. The normalized spacial score (nSPS) is 24.2. The molecule has 2 N–H and O–H groups in total. The van der Waals surface area contributed by atoms with E-state index in [1.165, 1.54) is 0 Å². The molecule has 4 rings (SSSR count). The Morgan fingerprint density at radius 2 is 2.12 bits per heavy atom. The first-order chi connectivity index (χ1) is 11.5. The monoisotopic (exact) mass is 360 g/mol. The molecule has 24 heavy (non-hydrogen) atoms. The molecule has 2 heterocycles. The number of nitrogens with zero attached hydrogens (tertiary/aromatic N) is 1. The summed E-state index contributed by atoms with van der Waals surface area (Å²) in [6.07, 6.45) is 6.77. The van der Waals surface area contributed by atoms with Gasteiger partial charge in [-0.15, -0.1) is 0 Å². The lowest BCUT2D eigenvalue weighted by atomic mass is 9.77. The number of rotatable bonds is 2. The van der Waals surface area contributed by atoms with Crippen LogP contribution in [-0.2, 0) is 0 Å². The Bertz CT molecular complexity index is 866. The van der Waals surface area contributed by atoms with Gasteiger partial charge in [0.05, 0.1) is 27.3 Å². The number of carboxylic acids is 1. The minimum absolute atomic E-state index is 0.0436. The lowest BCUT2D eigenvalue weighted by Gasteiger charge is -2.37. The average molecular weight is 361 g/mol. The van der Waals surface area contributed by atoms with Crippen LogP contribution in [0.5, 0.6) is 0 Å². The van der Waals surface area contributed by atoms with Gasteiger partial charge in [0.25, 0.3) is 0 Å². The van der Waals surface area contributed by atoms with Crippen molar-refractivity contribution in [1.29, 1.82) is 0 Å². The Kier molecular flexibility index (Phi) is 3.74. The molecule has 0 bridgehead atoms. The van der Waals surface area contributed by atoms with Gasteiger partial charge in [-0.3, -0.25) is 4.98 Å². The molecule has 6 heteroatoms. The van der Waals surface area contributed by atoms with E-state index in [0.717, 1.165) is 23.4 Å². The van der Waals surface area contributed by atoms with E-state index >= 15 is 0 Å². The number of nitrogens with one attached hydrogen (secondary N) is 1. The number of pyridine rings is 1. The van der Waals surface area contributed by atoms with Crippen LogP contribution < -0.4 is 5.32 Å². The van der Waals surface area contributed by atoms with Crippen molar-refractivity contribution in [3.63, 3.8) is 0 Å². The fourth-order valence-electron chi connectivity index (χ4n) is 3.65. The zero-order chi connectivity index (χ0) is 16.8. The predicted molar refractivity (Wildman–Crippen MR) is 94.0 cm³/mol. The minimum Gasteiger partial charge on any atom is -0.478 e. The third-order valence-electron chi connectivity index (χ3n) is 4.74. The first kappa shape index (κ1) is 15.5. The van der Waals surface area contributed by atoms with Gasteiger partial charge in [0, 0.05) is 17.8 Å². The summed E-state index contributed by atoms with van der Waals surface area (Å²) in [5.41, 5.74) is 3.00. The molecule has 1 aromatic heterocycles.